The smallest absolute Gasteiger partial charge is 0.257 e. The van der Waals surface area contributed by atoms with Gasteiger partial charge < -0.3 is 19.5 Å². The summed E-state index contributed by atoms with van der Waals surface area (Å²) in [6.45, 7) is 1.26. The Kier molecular flexibility index (Phi) is 6.01. The van der Waals surface area contributed by atoms with Crippen LogP contribution < -0.4 is 9.47 Å². The van der Waals surface area contributed by atoms with Gasteiger partial charge in [0.25, 0.3) is 5.91 Å². The van der Waals surface area contributed by atoms with Crippen LogP contribution in [-0.4, -0.2) is 49.8 Å². The predicted octanol–water partition coefficient (Wildman–Crippen LogP) is 3.16. The summed E-state index contributed by atoms with van der Waals surface area (Å²) in [5.74, 6) is 0.905. The average molecular weight is 369 g/mol. The number of carbonyl (C=O) groups excluding carboxylic acids is 1. The fraction of sp³-hybridized carbons (Fsp3) is 0.409. The summed E-state index contributed by atoms with van der Waals surface area (Å²) in [5.41, 5.74) is 1.35. The molecule has 1 heterocycles. The lowest BCUT2D eigenvalue weighted by atomic mass is 9.75. The van der Waals surface area contributed by atoms with Crippen molar-refractivity contribution in [1.29, 1.82) is 0 Å². The molecule has 1 fully saturated rings. The van der Waals surface area contributed by atoms with Crippen molar-refractivity contribution in [3.63, 3.8) is 0 Å². The number of methoxy groups -OCH3 is 2. The van der Waals surface area contributed by atoms with E-state index in [1.54, 1.807) is 25.3 Å². The van der Waals surface area contributed by atoms with E-state index in [9.17, 15) is 9.90 Å². The van der Waals surface area contributed by atoms with Crippen molar-refractivity contribution >= 4 is 5.91 Å². The largest absolute Gasteiger partial charge is 0.493 e. The van der Waals surface area contributed by atoms with Gasteiger partial charge in [0, 0.05) is 18.5 Å². The number of ether oxygens (including phenoxy) is 2. The van der Waals surface area contributed by atoms with E-state index < -0.39 is 0 Å². The highest BCUT2D eigenvalue weighted by atomic mass is 16.5. The summed E-state index contributed by atoms with van der Waals surface area (Å²) in [7, 11) is 3.10. The third kappa shape index (κ3) is 4.08. The summed E-state index contributed by atoms with van der Waals surface area (Å²) >= 11 is 0. The van der Waals surface area contributed by atoms with Gasteiger partial charge in [-0.3, -0.25) is 4.79 Å². The van der Waals surface area contributed by atoms with Crippen LogP contribution in [0.15, 0.2) is 48.5 Å². The van der Waals surface area contributed by atoms with Crippen LogP contribution in [-0.2, 0) is 6.42 Å². The molecule has 1 N–H and O–H groups in total. The number of nitrogens with zero attached hydrogens (tertiary/aromatic N) is 1. The van der Waals surface area contributed by atoms with Crippen molar-refractivity contribution in [2.24, 2.45) is 5.41 Å². The molecule has 0 saturated carbocycles. The van der Waals surface area contributed by atoms with Gasteiger partial charge in [0.15, 0.2) is 11.5 Å². The predicted molar refractivity (Wildman–Crippen MR) is 104 cm³/mol. The van der Waals surface area contributed by atoms with E-state index in [1.165, 1.54) is 12.7 Å². The minimum atomic E-state index is -0.318. The van der Waals surface area contributed by atoms with E-state index in [2.05, 4.69) is 12.1 Å². The van der Waals surface area contributed by atoms with Gasteiger partial charge in [-0.1, -0.05) is 36.4 Å². The molecule has 1 unspecified atom stereocenters. The molecule has 2 aromatic rings. The maximum Gasteiger partial charge on any atom is 0.257 e. The third-order valence-electron chi connectivity index (χ3n) is 5.34. The molecule has 1 aliphatic heterocycles. The summed E-state index contributed by atoms with van der Waals surface area (Å²) in [5, 5.41) is 10.2. The van der Waals surface area contributed by atoms with Gasteiger partial charge in [0.1, 0.15) is 0 Å². The van der Waals surface area contributed by atoms with Crippen molar-refractivity contribution in [2.75, 3.05) is 33.9 Å². The second kappa shape index (κ2) is 8.44. The summed E-state index contributed by atoms with van der Waals surface area (Å²) in [6.07, 6.45) is 2.52. The van der Waals surface area contributed by atoms with Crippen LogP contribution in [0.5, 0.6) is 11.5 Å². The van der Waals surface area contributed by atoms with E-state index in [4.69, 9.17) is 9.47 Å². The summed E-state index contributed by atoms with van der Waals surface area (Å²) < 4.78 is 10.8. The normalized spacial score (nSPS) is 19.6. The molecule has 0 aromatic heterocycles. The number of hydrogen-bond donors (Lipinski definition) is 1. The van der Waals surface area contributed by atoms with Gasteiger partial charge in [0.05, 0.1) is 26.4 Å². The topological polar surface area (TPSA) is 59.0 Å². The summed E-state index contributed by atoms with van der Waals surface area (Å²) in [6, 6.07) is 15.5. The molecule has 0 bridgehead atoms. The minimum absolute atomic E-state index is 0.0565. The molecule has 1 amide bonds. The second-order valence-corrected chi connectivity index (χ2v) is 7.19. The number of carbonyl (C=O) groups is 1. The minimum Gasteiger partial charge on any atom is -0.493 e. The Morgan fingerprint density at radius 1 is 1.11 bits per heavy atom. The first-order valence-electron chi connectivity index (χ1n) is 9.27. The lowest BCUT2D eigenvalue weighted by Crippen LogP contribution is -2.49. The van der Waals surface area contributed by atoms with E-state index in [0.717, 1.165) is 19.3 Å². The van der Waals surface area contributed by atoms with Gasteiger partial charge in [0.2, 0.25) is 0 Å². The number of likely N-dealkylation sites (tertiary alicyclic amines) is 1. The number of aliphatic hydroxyl groups excluding tert-OH is 1. The molecule has 0 spiro atoms. The third-order valence-corrected chi connectivity index (χ3v) is 5.34. The van der Waals surface area contributed by atoms with Crippen LogP contribution in [0.3, 0.4) is 0 Å². The van der Waals surface area contributed by atoms with Crippen LogP contribution in [0.25, 0.3) is 0 Å². The van der Waals surface area contributed by atoms with Crippen molar-refractivity contribution in [2.45, 2.75) is 19.3 Å². The van der Waals surface area contributed by atoms with Crippen molar-refractivity contribution in [3.05, 3.63) is 59.7 Å². The Bertz CT molecular complexity index is 777. The molecular weight excluding hydrogens is 342 g/mol. The number of piperidine rings is 1. The standard InChI is InChI=1S/C22H27NO4/c1-26-19-11-6-10-18(20(19)27-2)21(25)23-13-7-12-22(15-23,16-24)14-17-8-4-3-5-9-17/h3-6,8-11,24H,7,12-16H2,1-2H3. The number of rotatable bonds is 6. The molecule has 3 rings (SSSR count). The molecule has 1 atom stereocenters. The van der Waals surface area contributed by atoms with Crippen LogP contribution in [0.1, 0.15) is 28.8 Å². The lowest BCUT2D eigenvalue weighted by Gasteiger charge is -2.42. The molecule has 0 aliphatic carbocycles. The van der Waals surface area contributed by atoms with E-state index in [1.807, 2.05) is 23.1 Å². The van der Waals surface area contributed by atoms with Crippen LogP contribution in [0, 0.1) is 5.41 Å². The fourth-order valence-corrected chi connectivity index (χ4v) is 3.97. The number of para-hydroxylation sites is 1. The molecule has 144 valence electrons. The highest BCUT2D eigenvalue weighted by Gasteiger charge is 2.37. The van der Waals surface area contributed by atoms with Crippen LogP contribution >= 0.6 is 0 Å². The average Bonchev–Trinajstić information content (AvgIpc) is 2.73. The molecule has 5 nitrogen and oxygen atoms in total. The zero-order valence-corrected chi connectivity index (χ0v) is 16.0. The van der Waals surface area contributed by atoms with E-state index in [0.29, 0.717) is 30.2 Å². The Morgan fingerprint density at radius 3 is 2.56 bits per heavy atom. The Balaban J connectivity index is 1.84. The van der Waals surface area contributed by atoms with Gasteiger partial charge in [-0.05, 0) is 37.0 Å². The maximum atomic E-state index is 13.2. The quantitative estimate of drug-likeness (QED) is 0.850. The number of benzene rings is 2. The number of aliphatic hydroxyl groups is 1. The highest BCUT2D eigenvalue weighted by Crippen LogP contribution is 2.36. The first-order chi connectivity index (χ1) is 13.1. The Hall–Kier alpha value is -2.53. The van der Waals surface area contributed by atoms with Crippen LogP contribution in [0.4, 0.5) is 0 Å². The molecule has 5 heteroatoms. The highest BCUT2D eigenvalue weighted by molar-refractivity contribution is 5.98. The Morgan fingerprint density at radius 2 is 1.89 bits per heavy atom. The summed E-state index contributed by atoms with van der Waals surface area (Å²) in [4.78, 5) is 15.0. The van der Waals surface area contributed by atoms with E-state index >= 15 is 0 Å². The zero-order chi connectivity index (χ0) is 19.3. The zero-order valence-electron chi connectivity index (χ0n) is 16.0. The maximum absolute atomic E-state index is 13.2. The van der Waals surface area contributed by atoms with Gasteiger partial charge in [-0.25, -0.2) is 0 Å². The first kappa shape index (κ1) is 19.2. The molecule has 1 saturated heterocycles. The lowest BCUT2D eigenvalue weighted by molar-refractivity contribution is 0.0269. The molecular formula is C22H27NO4. The van der Waals surface area contributed by atoms with Gasteiger partial charge in [-0.15, -0.1) is 0 Å². The van der Waals surface area contributed by atoms with Gasteiger partial charge in [-0.2, -0.15) is 0 Å². The Labute approximate surface area is 160 Å². The van der Waals surface area contributed by atoms with Crippen molar-refractivity contribution in [3.8, 4) is 11.5 Å². The molecule has 0 radical (unpaired) electrons. The first-order valence-corrected chi connectivity index (χ1v) is 9.27. The SMILES string of the molecule is COc1cccc(C(=O)N2CCCC(CO)(Cc3ccccc3)C2)c1OC. The van der Waals surface area contributed by atoms with Crippen molar-refractivity contribution in [1.82, 2.24) is 4.90 Å². The number of amides is 1. The van der Waals surface area contributed by atoms with Gasteiger partial charge >= 0.3 is 0 Å². The van der Waals surface area contributed by atoms with E-state index in [-0.39, 0.29) is 17.9 Å². The van der Waals surface area contributed by atoms with Crippen LogP contribution in [0.2, 0.25) is 0 Å². The molecule has 27 heavy (non-hydrogen) atoms. The molecule has 1 aliphatic rings. The monoisotopic (exact) mass is 369 g/mol. The molecule has 2 aromatic carbocycles. The second-order valence-electron chi connectivity index (χ2n) is 7.19. The number of hydrogen-bond acceptors (Lipinski definition) is 4. The fourth-order valence-electron chi connectivity index (χ4n) is 3.97. The van der Waals surface area contributed by atoms with Crippen molar-refractivity contribution < 1.29 is 19.4 Å².